The van der Waals surface area contributed by atoms with E-state index in [4.69, 9.17) is 4.74 Å². The van der Waals surface area contributed by atoms with Gasteiger partial charge in [0, 0.05) is 16.8 Å². The highest BCUT2D eigenvalue weighted by Gasteiger charge is 2.38. The van der Waals surface area contributed by atoms with Crippen LogP contribution in [0.5, 0.6) is 0 Å². The molecule has 1 aliphatic rings. The monoisotopic (exact) mass is 344 g/mol. The molecule has 0 aliphatic heterocycles. The Morgan fingerprint density at radius 2 is 2.00 bits per heavy atom. The van der Waals surface area contributed by atoms with Gasteiger partial charge in [0.2, 0.25) is 0 Å². The Balaban J connectivity index is 1.48. The third-order valence-corrected chi connectivity index (χ3v) is 5.08. The number of hydrogen-bond acceptors (Lipinski definition) is 4. The molecule has 4 nitrogen and oxygen atoms in total. The number of thioether (sulfide) groups is 1. The zero-order chi connectivity index (χ0) is 17.2. The first kappa shape index (κ1) is 17.1. The Morgan fingerprint density at radius 3 is 2.67 bits per heavy atom. The number of hydrogen-bond donors (Lipinski definition) is 0. The molecule has 128 valence electrons. The first-order chi connectivity index (χ1) is 11.4. The highest BCUT2D eigenvalue weighted by atomic mass is 32.2. The standard InChI is InChI=1S/C19H24N2O2S/c1-19(2,3)23-18(22)15-9-16(10-15)21-12-17(11-20-21)24-13-14-7-5-4-6-8-14/h4-8,11-12,15-16H,9-10,13H2,1-3H3. The largest absolute Gasteiger partial charge is 0.460 e. The molecule has 1 aliphatic carbocycles. The summed E-state index contributed by atoms with van der Waals surface area (Å²) in [5.74, 6) is 0.876. The Hall–Kier alpha value is -1.75. The van der Waals surface area contributed by atoms with Crippen LogP contribution >= 0.6 is 11.8 Å². The van der Waals surface area contributed by atoms with E-state index in [1.807, 2.05) is 37.7 Å². The SMILES string of the molecule is CC(C)(C)OC(=O)C1CC(n2cc(SCc3ccccc3)cn2)C1. The van der Waals surface area contributed by atoms with Crippen LogP contribution in [-0.2, 0) is 15.3 Å². The summed E-state index contributed by atoms with van der Waals surface area (Å²) in [7, 11) is 0. The summed E-state index contributed by atoms with van der Waals surface area (Å²) >= 11 is 1.79. The number of ether oxygens (including phenoxy) is 1. The van der Waals surface area contributed by atoms with E-state index < -0.39 is 5.60 Å². The molecule has 1 aromatic heterocycles. The average molecular weight is 344 g/mol. The number of carbonyl (C=O) groups is 1. The molecule has 0 amide bonds. The highest BCUT2D eigenvalue weighted by molar-refractivity contribution is 7.98. The number of esters is 1. The molecule has 0 N–H and O–H groups in total. The zero-order valence-corrected chi connectivity index (χ0v) is 15.3. The van der Waals surface area contributed by atoms with Gasteiger partial charge in [-0.1, -0.05) is 30.3 Å². The van der Waals surface area contributed by atoms with Gasteiger partial charge in [-0.2, -0.15) is 5.10 Å². The van der Waals surface area contributed by atoms with Crippen molar-refractivity contribution in [1.82, 2.24) is 9.78 Å². The van der Waals surface area contributed by atoms with Crippen molar-refractivity contribution in [3.8, 4) is 0 Å². The molecule has 0 saturated heterocycles. The van der Waals surface area contributed by atoms with Gasteiger partial charge in [0.1, 0.15) is 5.60 Å². The van der Waals surface area contributed by atoms with E-state index in [1.165, 1.54) is 10.5 Å². The summed E-state index contributed by atoms with van der Waals surface area (Å²) in [5.41, 5.74) is 0.902. The van der Waals surface area contributed by atoms with E-state index in [2.05, 4.69) is 35.6 Å². The minimum absolute atomic E-state index is 0.0128. The lowest BCUT2D eigenvalue weighted by atomic mass is 9.80. The van der Waals surface area contributed by atoms with E-state index in [-0.39, 0.29) is 11.9 Å². The van der Waals surface area contributed by atoms with Crippen LogP contribution in [-0.4, -0.2) is 21.4 Å². The van der Waals surface area contributed by atoms with E-state index in [9.17, 15) is 4.79 Å². The Kier molecular flexibility index (Phi) is 4.99. The van der Waals surface area contributed by atoms with Crippen molar-refractivity contribution in [1.29, 1.82) is 0 Å². The molecule has 24 heavy (non-hydrogen) atoms. The fraction of sp³-hybridized carbons (Fsp3) is 0.474. The summed E-state index contributed by atoms with van der Waals surface area (Å²) in [5, 5.41) is 4.46. The Morgan fingerprint density at radius 1 is 1.29 bits per heavy atom. The summed E-state index contributed by atoms with van der Waals surface area (Å²) in [6, 6.07) is 10.7. The fourth-order valence-corrected chi connectivity index (χ4v) is 3.55. The second-order valence-corrected chi connectivity index (χ2v) is 8.33. The summed E-state index contributed by atoms with van der Waals surface area (Å²) < 4.78 is 7.44. The van der Waals surface area contributed by atoms with Crippen molar-refractivity contribution in [3.63, 3.8) is 0 Å². The van der Waals surface area contributed by atoms with Gasteiger partial charge in [-0.05, 0) is 39.2 Å². The maximum Gasteiger partial charge on any atom is 0.309 e. The van der Waals surface area contributed by atoms with Crippen LogP contribution in [0, 0.1) is 5.92 Å². The smallest absolute Gasteiger partial charge is 0.309 e. The number of rotatable bonds is 5. The molecule has 1 saturated carbocycles. The molecular weight excluding hydrogens is 320 g/mol. The molecule has 1 fully saturated rings. The normalized spacial score (nSPS) is 20.5. The van der Waals surface area contributed by atoms with Crippen LogP contribution in [0.4, 0.5) is 0 Å². The molecule has 0 unspecified atom stereocenters. The minimum Gasteiger partial charge on any atom is -0.460 e. The zero-order valence-electron chi connectivity index (χ0n) is 14.4. The summed E-state index contributed by atoms with van der Waals surface area (Å²) in [4.78, 5) is 13.2. The molecule has 0 atom stereocenters. The van der Waals surface area contributed by atoms with Crippen LogP contribution in [0.2, 0.25) is 0 Å². The van der Waals surface area contributed by atoms with Crippen LogP contribution in [0.15, 0.2) is 47.6 Å². The van der Waals surface area contributed by atoms with E-state index in [1.54, 1.807) is 11.8 Å². The van der Waals surface area contributed by atoms with Crippen LogP contribution in [0.1, 0.15) is 45.2 Å². The van der Waals surface area contributed by atoms with Gasteiger partial charge < -0.3 is 4.74 Å². The van der Waals surface area contributed by atoms with Gasteiger partial charge in [-0.3, -0.25) is 9.48 Å². The predicted molar refractivity (Wildman–Crippen MR) is 95.8 cm³/mol. The number of carbonyl (C=O) groups excluding carboxylic acids is 1. The molecule has 1 aromatic carbocycles. The molecule has 1 heterocycles. The summed E-state index contributed by atoms with van der Waals surface area (Å²) in [6.07, 6.45) is 5.64. The average Bonchev–Trinajstić information content (AvgIpc) is 2.91. The number of nitrogens with zero attached hydrogens (tertiary/aromatic N) is 2. The van der Waals surface area contributed by atoms with E-state index in [0.29, 0.717) is 6.04 Å². The van der Waals surface area contributed by atoms with Crippen LogP contribution in [0.3, 0.4) is 0 Å². The number of aromatic nitrogens is 2. The molecule has 0 bridgehead atoms. The van der Waals surface area contributed by atoms with Crippen LogP contribution < -0.4 is 0 Å². The molecule has 3 rings (SSSR count). The Labute approximate surface area is 147 Å². The maximum absolute atomic E-state index is 12.0. The maximum atomic E-state index is 12.0. The van der Waals surface area contributed by atoms with Crippen molar-refractivity contribution in [3.05, 3.63) is 48.3 Å². The second kappa shape index (κ2) is 7.01. The lowest BCUT2D eigenvalue weighted by Gasteiger charge is -2.35. The van der Waals surface area contributed by atoms with E-state index >= 15 is 0 Å². The van der Waals surface area contributed by atoms with Crippen molar-refractivity contribution in [2.75, 3.05) is 0 Å². The summed E-state index contributed by atoms with van der Waals surface area (Å²) in [6.45, 7) is 5.72. The first-order valence-electron chi connectivity index (χ1n) is 8.34. The topological polar surface area (TPSA) is 44.1 Å². The lowest BCUT2D eigenvalue weighted by Crippen LogP contribution is -2.37. The quantitative estimate of drug-likeness (QED) is 0.593. The van der Waals surface area contributed by atoms with Crippen molar-refractivity contribution < 1.29 is 9.53 Å². The van der Waals surface area contributed by atoms with Crippen molar-refractivity contribution >= 4 is 17.7 Å². The van der Waals surface area contributed by atoms with Gasteiger partial charge >= 0.3 is 5.97 Å². The number of benzene rings is 1. The second-order valence-electron chi connectivity index (χ2n) is 7.29. The van der Waals surface area contributed by atoms with Crippen LogP contribution in [0.25, 0.3) is 0 Å². The van der Waals surface area contributed by atoms with Gasteiger partial charge in [0.25, 0.3) is 0 Å². The van der Waals surface area contributed by atoms with Gasteiger partial charge in [-0.15, -0.1) is 11.8 Å². The predicted octanol–water partition coefficient (Wildman–Crippen LogP) is 4.47. The fourth-order valence-electron chi connectivity index (χ4n) is 2.72. The minimum atomic E-state index is -0.408. The van der Waals surface area contributed by atoms with Gasteiger partial charge in [0.05, 0.1) is 18.2 Å². The highest BCUT2D eigenvalue weighted by Crippen LogP contribution is 2.39. The van der Waals surface area contributed by atoms with Gasteiger partial charge in [-0.25, -0.2) is 0 Å². The van der Waals surface area contributed by atoms with Gasteiger partial charge in [0.15, 0.2) is 0 Å². The first-order valence-corrected chi connectivity index (χ1v) is 9.33. The van der Waals surface area contributed by atoms with Crippen molar-refractivity contribution in [2.24, 2.45) is 5.92 Å². The third kappa shape index (κ3) is 4.41. The lowest BCUT2D eigenvalue weighted by molar-refractivity contribution is -0.164. The molecular formula is C19H24N2O2S. The third-order valence-electron chi connectivity index (χ3n) is 4.05. The molecule has 0 spiro atoms. The Bertz CT molecular complexity index is 685. The molecule has 2 aromatic rings. The molecule has 0 radical (unpaired) electrons. The van der Waals surface area contributed by atoms with E-state index in [0.717, 1.165) is 18.6 Å². The molecule has 5 heteroatoms. The van der Waals surface area contributed by atoms with Crippen molar-refractivity contribution in [2.45, 2.75) is 55.9 Å².